The molecule has 0 saturated carbocycles. The van der Waals surface area contributed by atoms with Gasteiger partial charge in [0.2, 0.25) is 5.91 Å². The van der Waals surface area contributed by atoms with Crippen molar-refractivity contribution in [3.05, 3.63) is 68.7 Å². The number of carbonyl (C=O) groups is 2. The molecular weight excluding hydrogens is 485 g/mol. The zero-order valence-electron chi connectivity index (χ0n) is 18.2. The molecule has 9 heteroatoms. The molecule has 0 aliphatic carbocycles. The van der Waals surface area contributed by atoms with Gasteiger partial charge in [0.15, 0.2) is 0 Å². The van der Waals surface area contributed by atoms with E-state index >= 15 is 0 Å². The quantitative estimate of drug-likeness (QED) is 0.656. The van der Waals surface area contributed by atoms with E-state index in [9.17, 15) is 14.7 Å². The lowest BCUT2D eigenvalue weighted by atomic mass is 9.84. The summed E-state index contributed by atoms with van der Waals surface area (Å²) in [6.45, 7) is 1.38. The maximum absolute atomic E-state index is 13.2. The zero-order chi connectivity index (χ0) is 23.7. The molecule has 0 bridgehead atoms. The molecule has 0 aromatic heterocycles. The van der Waals surface area contributed by atoms with Crippen LogP contribution < -0.4 is 5.32 Å². The highest BCUT2D eigenvalue weighted by atomic mass is 35.5. The van der Waals surface area contributed by atoms with Crippen molar-refractivity contribution in [3.8, 4) is 0 Å². The first-order valence-electron chi connectivity index (χ1n) is 10.9. The van der Waals surface area contributed by atoms with Crippen molar-refractivity contribution in [2.24, 2.45) is 0 Å². The fraction of sp³-hybridized carbons (Fsp3) is 0.417. The highest BCUT2D eigenvalue weighted by Crippen LogP contribution is 2.35. The van der Waals surface area contributed by atoms with E-state index in [-0.39, 0.29) is 29.8 Å². The van der Waals surface area contributed by atoms with E-state index in [0.717, 1.165) is 5.56 Å². The van der Waals surface area contributed by atoms with E-state index in [4.69, 9.17) is 34.8 Å². The Kier molecular flexibility index (Phi) is 7.51. The van der Waals surface area contributed by atoms with Crippen molar-refractivity contribution < 1.29 is 14.7 Å². The standard InChI is InChI=1S/C24H26Cl3N3O3/c1-29(23(32)14-2-5-16(25)6-3-14)22-8-9-30(24(33)21-11-17(31)12-28-21)13-18(22)15-4-7-19(26)20(27)10-15/h2-7,10,17-18,21-22,28,31H,8-9,11-13H2,1H3/t17-,18+,21+,22-/m1/s1. The predicted molar refractivity (Wildman–Crippen MR) is 130 cm³/mol. The van der Waals surface area contributed by atoms with Crippen molar-refractivity contribution >= 4 is 46.6 Å². The molecule has 0 spiro atoms. The Labute approximate surface area is 208 Å². The van der Waals surface area contributed by atoms with Gasteiger partial charge in [-0.15, -0.1) is 0 Å². The van der Waals surface area contributed by atoms with E-state index in [1.165, 1.54) is 0 Å². The third-order valence-corrected chi connectivity index (χ3v) is 7.57. The van der Waals surface area contributed by atoms with E-state index < -0.39 is 6.10 Å². The van der Waals surface area contributed by atoms with Gasteiger partial charge >= 0.3 is 0 Å². The van der Waals surface area contributed by atoms with Crippen molar-refractivity contribution in [1.29, 1.82) is 0 Å². The summed E-state index contributed by atoms with van der Waals surface area (Å²) in [6.07, 6.45) is 0.512. The summed E-state index contributed by atoms with van der Waals surface area (Å²) in [5.41, 5.74) is 1.47. The number of hydrogen-bond donors (Lipinski definition) is 2. The summed E-state index contributed by atoms with van der Waals surface area (Å²) in [5, 5.41) is 14.4. The SMILES string of the molecule is CN(C(=O)c1ccc(Cl)cc1)[C@@H]1CCN(C(=O)[C@@H]2C[C@@H](O)CN2)C[C@H]1c1ccc(Cl)c(Cl)c1. The Morgan fingerprint density at radius 2 is 1.82 bits per heavy atom. The molecule has 2 aromatic rings. The lowest BCUT2D eigenvalue weighted by Gasteiger charge is -2.43. The Morgan fingerprint density at radius 1 is 1.09 bits per heavy atom. The van der Waals surface area contributed by atoms with Crippen molar-refractivity contribution in [2.45, 2.75) is 36.9 Å². The Morgan fingerprint density at radius 3 is 2.45 bits per heavy atom. The van der Waals surface area contributed by atoms with Crippen LogP contribution in [-0.4, -0.2) is 71.6 Å². The van der Waals surface area contributed by atoms with E-state index in [1.54, 1.807) is 42.3 Å². The second kappa shape index (κ2) is 10.2. The van der Waals surface area contributed by atoms with Crippen LogP contribution in [0.3, 0.4) is 0 Å². The molecule has 0 unspecified atom stereocenters. The minimum atomic E-state index is -0.509. The lowest BCUT2D eigenvalue weighted by Crippen LogP contribution is -2.54. The highest BCUT2D eigenvalue weighted by Gasteiger charge is 2.39. The van der Waals surface area contributed by atoms with Crippen LogP contribution in [-0.2, 0) is 4.79 Å². The number of likely N-dealkylation sites (tertiary alicyclic amines) is 1. The summed E-state index contributed by atoms with van der Waals surface area (Å²) < 4.78 is 0. The van der Waals surface area contributed by atoms with Crippen LogP contribution in [0.25, 0.3) is 0 Å². The normalized spacial score (nSPS) is 25.2. The first kappa shape index (κ1) is 24.3. The molecule has 0 radical (unpaired) electrons. The minimum Gasteiger partial charge on any atom is -0.392 e. The van der Waals surface area contributed by atoms with E-state index in [0.29, 0.717) is 53.1 Å². The highest BCUT2D eigenvalue weighted by molar-refractivity contribution is 6.42. The second-order valence-electron chi connectivity index (χ2n) is 8.69. The largest absolute Gasteiger partial charge is 0.392 e. The summed E-state index contributed by atoms with van der Waals surface area (Å²) in [4.78, 5) is 29.9. The van der Waals surface area contributed by atoms with Gasteiger partial charge in [0.25, 0.3) is 5.91 Å². The van der Waals surface area contributed by atoms with Crippen LogP contribution in [0.2, 0.25) is 15.1 Å². The maximum Gasteiger partial charge on any atom is 0.253 e. The van der Waals surface area contributed by atoms with Gasteiger partial charge < -0.3 is 20.2 Å². The van der Waals surface area contributed by atoms with Crippen molar-refractivity contribution in [3.63, 3.8) is 0 Å². The number of likely N-dealkylation sites (N-methyl/N-ethyl adjacent to an activating group) is 1. The van der Waals surface area contributed by atoms with Crippen LogP contribution in [0.4, 0.5) is 0 Å². The minimum absolute atomic E-state index is 0.0262. The van der Waals surface area contributed by atoms with Crippen LogP contribution in [0.5, 0.6) is 0 Å². The fourth-order valence-corrected chi connectivity index (χ4v) is 5.18. The lowest BCUT2D eigenvalue weighted by molar-refractivity contribution is -0.135. The third-order valence-electron chi connectivity index (χ3n) is 6.57. The van der Waals surface area contributed by atoms with E-state index in [2.05, 4.69) is 5.32 Å². The van der Waals surface area contributed by atoms with Gasteiger partial charge in [-0.1, -0.05) is 40.9 Å². The number of halogens is 3. The number of aliphatic hydroxyl groups excluding tert-OH is 1. The second-order valence-corrected chi connectivity index (χ2v) is 9.94. The number of piperidine rings is 1. The third kappa shape index (κ3) is 5.31. The van der Waals surface area contributed by atoms with Crippen molar-refractivity contribution in [1.82, 2.24) is 15.1 Å². The van der Waals surface area contributed by atoms with Crippen LogP contribution in [0.15, 0.2) is 42.5 Å². The summed E-state index contributed by atoms with van der Waals surface area (Å²) >= 11 is 18.4. The molecule has 2 aliphatic heterocycles. The number of nitrogens with one attached hydrogen (secondary N) is 1. The topological polar surface area (TPSA) is 72.9 Å². The number of benzene rings is 2. The molecule has 4 atom stereocenters. The number of nitrogens with zero attached hydrogens (tertiary/aromatic N) is 2. The molecule has 6 nitrogen and oxygen atoms in total. The molecule has 4 rings (SSSR count). The van der Waals surface area contributed by atoms with Gasteiger partial charge in [-0.2, -0.15) is 0 Å². The summed E-state index contributed by atoms with van der Waals surface area (Å²) in [7, 11) is 1.79. The van der Waals surface area contributed by atoms with Crippen molar-refractivity contribution in [2.75, 3.05) is 26.7 Å². The number of hydrogen-bond acceptors (Lipinski definition) is 4. The Balaban J connectivity index is 1.60. The number of rotatable bonds is 4. The molecule has 2 amide bonds. The molecule has 2 saturated heterocycles. The first-order valence-corrected chi connectivity index (χ1v) is 12.1. The number of carbonyl (C=O) groups excluding carboxylic acids is 2. The van der Waals surface area contributed by atoms with Crippen LogP contribution in [0, 0.1) is 0 Å². The van der Waals surface area contributed by atoms with Crippen LogP contribution >= 0.6 is 34.8 Å². The van der Waals surface area contributed by atoms with Gasteiger partial charge in [0.1, 0.15) is 0 Å². The predicted octanol–water partition coefficient (Wildman–Crippen LogP) is 3.83. The van der Waals surface area contributed by atoms with E-state index in [1.807, 2.05) is 17.0 Å². The molecular formula is C24H26Cl3N3O3. The van der Waals surface area contributed by atoms with Gasteiger partial charge in [-0.3, -0.25) is 9.59 Å². The van der Waals surface area contributed by atoms with Gasteiger partial charge in [0, 0.05) is 49.2 Å². The average molecular weight is 511 g/mol. The number of aliphatic hydroxyl groups is 1. The summed E-state index contributed by atoms with van der Waals surface area (Å²) in [5.74, 6) is -0.283. The molecule has 33 heavy (non-hydrogen) atoms. The van der Waals surface area contributed by atoms with Crippen LogP contribution in [0.1, 0.15) is 34.7 Å². The molecule has 2 heterocycles. The Bertz CT molecular complexity index is 1030. The fourth-order valence-electron chi connectivity index (χ4n) is 4.75. The summed E-state index contributed by atoms with van der Waals surface area (Å²) in [6, 6.07) is 11.7. The van der Waals surface area contributed by atoms with Gasteiger partial charge in [-0.25, -0.2) is 0 Å². The molecule has 2 fully saturated rings. The monoisotopic (exact) mass is 509 g/mol. The average Bonchev–Trinajstić information content (AvgIpc) is 3.26. The first-order chi connectivity index (χ1) is 15.7. The number of amides is 2. The number of β-amino-alcohol motifs (C(OH)–C–C–N with tert-alkyl or cyclic N) is 1. The molecule has 2 aromatic carbocycles. The molecule has 2 N–H and O–H groups in total. The van der Waals surface area contributed by atoms with Gasteiger partial charge in [-0.05, 0) is 54.8 Å². The van der Waals surface area contributed by atoms with Gasteiger partial charge in [0.05, 0.1) is 22.2 Å². The Hall–Kier alpha value is -1.83. The maximum atomic E-state index is 13.2. The molecule has 2 aliphatic rings. The smallest absolute Gasteiger partial charge is 0.253 e. The zero-order valence-corrected chi connectivity index (χ0v) is 20.4. The molecule has 176 valence electrons.